The standard InChI is InChI=1S/C14H15ClN2O/c15-13(11-5-2-1-3-6-11)14(18)17(10-4-9-16)12-7-8-12/h1-3,5-6,12-13H,4,7-8,10H2. The van der Waals surface area contributed by atoms with E-state index in [0.717, 1.165) is 18.4 Å². The number of alkyl halides is 1. The van der Waals surface area contributed by atoms with Crippen LogP contribution in [0.25, 0.3) is 0 Å². The molecule has 0 N–H and O–H groups in total. The van der Waals surface area contributed by atoms with E-state index in [4.69, 9.17) is 16.9 Å². The van der Waals surface area contributed by atoms with E-state index in [1.165, 1.54) is 0 Å². The highest BCUT2D eigenvalue weighted by atomic mass is 35.5. The largest absolute Gasteiger partial charge is 0.337 e. The number of carbonyl (C=O) groups excluding carboxylic acids is 1. The zero-order chi connectivity index (χ0) is 13.0. The number of nitriles is 1. The van der Waals surface area contributed by atoms with E-state index in [1.807, 2.05) is 30.3 Å². The van der Waals surface area contributed by atoms with Gasteiger partial charge in [0.05, 0.1) is 12.5 Å². The number of hydrogen-bond acceptors (Lipinski definition) is 2. The molecule has 0 heterocycles. The topological polar surface area (TPSA) is 44.1 Å². The summed E-state index contributed by atoms with van der Waals surface area (Å²) in [5, 5.41) is 7.99. The summed E-state index contributed by atoms with van der Waals surface area (Å²) in [6.45, 7) is 0.482. The van der Waals surface area contributed by atoms with E-state index in [9.17, 15) is 4.79 Å². The van der Waals surface area contributed by atoms with Gasteiger partial charge in [-0.1, -0.05) is 30.3 Å². The summed E-state index contributed by atoms with van der Waals surface area (Å²) in [7, 11) is 0. The summed E-state index contributed by atoms with van der Waals surface area (Å²) < 4.78 is 0. The van der Waals surface area contributed by atoms with Gasteiger partial charge in [-0.05, 0) is 18.4 Å². The van der Waals surface area contributed by atoms with Crippen molar-refractivity contribution >= 4 is 17.5 Å². The van der Waals surface area contributed by atoms with E-state index < -0.39 is 5.38 Å². The van der Waals surface area contributed by atoms with Crippen molar-refractivity contribution in [3.05, 3.63) is 35.9 Å². The van der Waals surface area contributed by atoms with Gasteiger partial charge in [0.2, 0.25) is 5.91 Å². The van der Waals surface area contributed by atoms with Gasteiger partial charge >= 0.3 is 0 Å². The highest BCUT2D eigenvalue weighted by Gasteiger charge is 2.35. The van der Waals surface area contributed by atoms with Gasteiger partial charge in [0, 0.05) is 12.6 Å². The van der Waals surface area contributed by atoms with Gasteiger partial charge in [-0.15, -0.1) is 11.6 Å². The number of carbonyl (C=O) groups is 1. The lowest BCUT2D eigenvalue weighted by Crippen LogP contribution is -2.36. The summed E-state index contributed by atoms with van der Waals surface area (Å²) in [6.07, 6.45) is 2.41. The van der Waals surface area contributed by atoms with Crippen LogP contribution in [0.1, 0.15) is 30.2 Å². The van der Waals surface area contributed by atoms with Crippen LogP contribution in [-0.4, -0.2) is 23.4 Å². The predicted octanol–water partition coefficient (Wildman–Crippen LogP) is 2.87. The van der Waals surface area contributed by atoms with E-state index >= 15 is 0 Å². The molecular weight excluding hydrogens is 248 g/mol. The second-order valence-corrected chi connectivity index (χ2v) is 4.88. The minimum atomic E-state index is -0.648. The molecule has 18 heavy (non-hydrogen) atoms. The molecule has 0 spiro atoms. The van der Waals surface area contributed by atoms with E-state index in [-0.39, 0.29) is 11.9 Å². The van der Waals surface area contributed by atoms with Gasteiger partial charge in [-0.3, -0.25) is 4.79 Å². The minimum absolute atomic E-state index is 0.0828. The maximum atomic E-state index is 12.3. The number of amides is 1. The number of hydrogen-bond donors (Lipinski definition) is 0. The molecule has 94 valence electrons. The third-order valence-electron chi connectivity index (χ3n) is 3.04. The normalized spacial score (nSPS) is 15.8. The van der Waals surface area contributed by atoms with Crippen LogP contribution in [0.2, 0.25) is 0 Å². The Bertz CT molecular complexity index is 451. The maximum Gasteiger partial charge on any atom is 0.245 e. The number of benzene rings is 1. The van der Waals surface area contributed by atoms with Gasteiger partial charge in [0.15, 0.2) is 0 Å². The predicted molar refractivity (Wildman–Crippen MR) is 70.0 cm³/mol. The van der Waals surface area contributed by atoms with Gasteiger partial charge in [-0.25, -0.2) is 0 Å². The number of rotatable bonds is 5. The molecule has 0 saturated heterocycles. The fourth-order valence-corrected chi connectivity index (χ4v) is 2.21. The van der Waals surface area contributed by atoms with Crippen LogP contribution in [0, 0.1) is 11.3 Å². The van der Waals surface area contributed by atoms with Crippen molar-refractivity contribution in [1.82, 2.24) is 4.90 Å². The van der Waals surface area contributed by atoms with Crippen molar-refractivity contribution in [1.29, 1.82) is 5.26 Å². The molecule has 1 aliphatic rings. The molecule has 0 radical (unpaired) electrons. The third-order valence-corrected chi connectivity index (χ3v) is 3.48. The molecule has 1 aliphatic carbocycles. The molecule has 2 rings (SSSR count). The molecule has 1 unspecified atom stereocenters. The first-order chi connectivity index (χ1) is 8.74. The molecular formula is C14H15ClN2O. The van der Waals surface area contributed by atoms with E-state index in [0.29, 0.717) is 13.0 Å². The van der Waals surface area contributed by atoms with Crippen LogP contribution in [-0.2, 0) is 4.79 Å². The molecule has 1 aromatic rings. The van der Waals surface area contributed by atoms with Crippen molar-refractivity contribution in [2.75, 3.05) is 6.54 Å². The molecule has 0 aliphatic heterocycles. The zero-order valence-electron chi connectivity index (χ0n) is 10.1. The Morgan fingerprint density at radius 2 is 2.11 bits per heavy atom. The molecule has 1 amide bonds. The lowest BCUT2D eigenvalue weighted by Gasteiger charge is -2.24. The Morgan fingerprint density at radius 3 is 2.67 bits per heavy atom. The number of nitrogens with zero attached hydrogens (tertiary/aromatic N) is 2. The van der Waals surface area contributed by atoms with Crippen LogP contribution in [0.5, 0.6) is 0 Å². The highest BCUT2D eigenvalue weighted by Crippen LogP contribution is 2.31. The van der Waals surface area contributed by atoms with Crippen LogP contribution < -0.4 is 0 Å². The summed E-state index contributed by atoms with van der Waals surface area (Å²) in [4.78, 5) is 14.1. The van der Waals surface area contributed by atoms with Crippen LogP contribution in [0.3, 0.4) is 0 Å². The molecule has 3 nitrogen and oxygen atoms in total. The van der Waals surface area contributed by atoms with E-state index in [1.54, 1.807) is 4.90 Å². The third kappa shape index (κ3) is 3.02. The Labute approximate surface area is 112 Å². The van der Waals surface area contributed by atoms with Gasteiger partial charge in [0.1, 0.15) is 5.38 Å². The quantitative estimate of drug-likeness (QED) is 0.766. The van der Waals surface area contributed by atoms with Crippen LogP contribution >= 0.6 is 11.6 Å². The first-order valence-corrected chi connectivity index (χ1v) is 6.54. The van der Waals surface area contributed by atoms with Crippen molar-refractivity contribution in [2.24, 2.45) is 0 Å². The molecule has 4 heteroatoms. The molecule has 1 saturated carbocycles. The molecule has 0 aromatic heterocycles. The fraction of sp³-hybridized carbons (Fsp3) is 0.429. The first-order valence-electron chi connectivity index (χ1n) is 6.10. The Kier molecular flexibility index (Phi) is 4.22. The van der Waals surface area contributed by atoms with Crippen LogP contribution in [0.4, 0.5) is 0 Å². The summed E-state index contributed by atoms with van der Waals surface area (Å²) >= 11 is 6.23. The van der Waals surface area contributed by atoms with Crippen molar-refractivity contribution < 1.29 is 4.79 Å². The summed E-state index contributed by atoms with van der Waals surface area (Å²) in [5.41, 5.74) is 0.812. The van der Waals surface area contributed by atoms with Crippen molar-refractivity contribution in [3.63, 3.8) is 0 Å². The highest BCUT2D eigenvalue weighted by molar-refractivity contribution is 6.30. The maximum absolute atomic E-state index is 12.3. The second-order valence-electron chi connectivity index (χ2n) is 4.44. The Hall–Kier alpha value is -1.53. The summed E-state index contributed by atoms with van der Waals surface area (Å²) in [5.74, 6) is -0.0828. The Balaban J connectivity index is 2.06. The number of halogens is 1. The van der Waals surface area contributed by atoms with Crippen molar-refractivity contribution in [3.8, 4) is 6.07 Å². The van der Waals surface area contributed by atoms with Crippen molar-refractivity contribution in [2.45, 2.75) is 30.7 Å². The SMILES string of the molecule is N#CCCN(C(=O)C(Cl)c1ccccc1)C1CC1. The molecule has 1 fully saturated rings. The lowest BCUT2D eigenvalue weighted by molar-refractivity contribution is -0.131. The molecule has 1 aromatic carbocycles. The Morgan fingerprint density at radius 1 is 1.44 bits per heavy atom. The first kappa shape index (κ1) is 12.9. The second kappa shape index (κ2) is 5.88. The summed E-state index contributed by atoms with van der Waals surface area (Å²) in [6, 6.07) is 11.7. The minimum Gasteiger partial charge on any atom is -0.337 e. The lowest BCUT2D eigenvalue weighted by atomic mass is 10.1. The molecule has 0 bridgehead atoms. The monoisotopic (exact) mass is 262 g/mol. The molecule has 1 atom stereocenters. The average Bonchev–Trinajstić information content (AvgIpc) is 3.24. The zero-order valence-corrected chi connectivity index (χ0v) is 10.8. The van der Waals surface area contributed by atoms with Crippen LogP contribution in [0.15, 0.2) is 30.3 Å². The average molecular weight is 263 g/mol. The van der Waals surface area contributed by atoms with Gasteiger partial charge in [-0.2, -0.15) is 5.26 Å². The fourth-order valence-electron chi connectivity index (χ4n) is 1.94. The van der Waals surface area contributed by atoms with Gasteiger partial charge in [0.25, 0.3) is 0 Å². The van der Waals surface area contributed by atoms with E-state index in [2.05, 4.69) is 6.07 Å². The smallest absolute Gasteiger partial charge is 0.245 e. The van der Waals surface area contributed by atoms with Gasteiger partial charge < -0.3 is 4.90 Å².